The Morgan fingerprint density at radius 3 is 2.74 bits per heavy atom. The first-order valence-electron chi connectivity index (χ1n) is 7.37. The van der Waals surface area contributed by atoms with E-state index < -0.39 is 10.8 Å². The van der Waals surface area contributed by atoms with Crippen LogP contribution in [-0.4, -0.2) is 21.3 Å². The van der Waals surface area contributed by atoms with E-state index in [0.717, 1.165) is 33.6 Å². The van der Waals surface area contributed by atoms with E-state index in [9.17, 15) is 4.21 Å². The summed E-state index contributed by atoms with van der Waals surface area (Å²) < 4.78 is 20.2. The van der Waals surface area contributed by atoms with Crippen molar-refractivity contribution in [3.8, 4) is 5.75 Å². The van der Waals surface area contributed by atoms with Gasteiger partial charge < -0.3 is 4.74 Å². The maximum atomic E-state index is 12.8. The number of ether oxygens (including phenoxy) is 1. The number of H-pyrrole nitrogens is 1. The lowest BCUT2D eigenvalue weighted by Gasteiger charge is -2.11. The van der Waals surface area contributed by atoms with E-state index in [2.05, 4.69) is 9.97 Å². The second kappa shape index (κ2) is 6.12. The van der Waals surface area contributed by atoms with Gasteiger partial charge in [0.2, 0.25) is 0 Å². The molecule has 0 saturated heterocycles. The Bertz CT molecular complexity index is 902. The Kier molecular flexibility index (Phi) is 4.17. The van der Waals surface area contributed by atoms with Gasteiger partial charge in [0.1, 0.15) is 16.5 Å². The summed E-state index contributed by atoms with van der Waals surface area (Å²) in [7, 11) is 2.35. The minimum Gasteiger partial charge on any atom is -0.496 e. The summed E-state index contributed by atoms with van der Waals surface area (Å²) in [4.78, 5) is 7.69. The number of benzene rings is 1. The number of fused-ring (bicyclic) bond motifs is 1. The topological polar surface area (TPSA) is 58.9 Å². The van der Waals surface area contributed by atoms with Crippen LogP contribution in [0.4, 0.5) is 0 Å². The summed E-state index contributed by atoms with van der Waals surface area (Å²) in [6, 6.07) is 7.92. The molecule has 1 atom stereocenters. The first-order valence-corrected chi connectivity index (χ1v) is 8.69. The van der Waals surface area contributed by atoms with E-state index in [1.807, 2.05) is 49.7 Å². The van der Waals surface area contributed by atoms with Gasteiger partial charge in [0, 0.05) is 17.3 Å². The molecule has 0 radical (unpaired) electrons. The molecule has 1 aromatic carbocycles. The van der Waals surface area contributed by atoms with Crippen LogP contribution in [0.1, 0.15) is 16.8 Å². The van der Waals surface area contributed by atoms with E-state index in [1.165, 1.54) is 0 Å². The summed E-state index contributed by atoms with van der Waals surface area (Å²) in [6.45, 7) is 3.91. The average molecular weight is 330 g/mol. The number of para-hydroxylation sites is 2. The van der Waals surface area contributed by atoms with E-state index in [4.69, 9.17) is 4.74 Å². The van der Waals surface area contributed by atoms with E-state index in [-0.39, 0.29) is 0 Å². The number of hydrogen-bond donors (Lipinski definition) is 1. The molecule has 0 spiro atoms. The van der Waals surface area contributed by atoms with Gasteiger partial charge in [-0.15, -0.1) is 0 Å². The number of aromatic nitrogens is 3. The quantitative estimate of drug-likeness (QED) is 0.747. The molecule has 0 aliphatic carbocycles. The molecule has 120 valence electrons. The van der Waals surface area contributed by atoms with Crippen LogP contribution < -0.4 is 9.30 Å². The van der Waals surface area contributed by atoms with E-state index >= 15 is 0 Å². The molecule has 0 aliphatic rings. The molecule has 0 bridgehead atoms. The predicted octanol–water partition coefficient (Wildman–Crippen LogP) is 2.32. The second-order valence-corrected chi connectivity index (χ2v) is 6.91. The van der Waals surface area contributed by atoms with Gasteiger partial charge in [-0.2, -0.15) is 0 Å². The number of methoxy groups -OCH3 is 1. The molecular formula is C17H20N3O2S+. The maximum absolute atomic E-state index is 12.8. The number of aryl methyl sites for hydroxylation is 2. The highest BCUT2D eigenvalue weighted by atomic mass is 32.2. The van der Waals surface area contributed by atoms with E-state index in [1.54, 1.807) is 13.3 Å². The number of hydrogen-bond acceptors (Lipinski definition) is 3. The SMILES string of the molecule is COc1c(C)cnc(CS(=O)c2[nH]c3ccccc3[n+]2C)c1C. The lowest BCUT2D eigenvalue weighted by molar-refractivity contribution is -0.684. The van der Waals surface area contributed by atoms with Crippen molar-refractivity contribution < 1.29 is 13.5 Å². The van der Waals surface area contributed by atoms with Crippen molar-refractivity contribution in [3.63, 3.8) is 0 Å². The molecule has 0 fully saturated rings. The van der Waals surface area contributed by atoms with Crippen molar-refractivity contribution >= 4 is 21.8 Å². The van der Waals surface area contributed by atoms with Crippen molar-refractivity contribution in [1.82, 2.24) is 9.97 Å². The summed E-state index contributed by atoms with van der Waals surface area (Å²) in [5, 5.41) is 0.687. The number of aromatic amines is 1. The van der Waals surface area contributed by atoms with Crippen LogP contribution in [0.25, 0.3) is 11.0 Å². The predicted molar refractivity (Wildman–Crippen MR) is 89.9 cm³/mol. The third-order valence-electron chi connectivity index (χ3n) is 4.04. The molecule has 0 saturated carbocycles. The summed E-state index contributed by atoms with van der Waals surface area (Å²) >= 11 is 0. The Morgan fingerprint density at radius 2 is 2.04 bits per heavy atom. The largest absolute Gasteiger partial charge is 0.496 e. The number of imidazole rings is 1. The lowest BCUT2D eigenvalue weighted by Crippen LogP contribution is -2.32. The van der Waals surface area contributed by atoms with Crippen LogP contribution in [0.15, 0.2) is 35.6 Å². The van der Waals surface area contributed by atoms with Crippen molar-refractivity contribution in [2.24, 2.45) is 7.05 Å². The van der Waals surface area contributed by atoms with Crippen molar-refractivity contribution in [2.45, 2.75) is 24.8 Å². The summed E-state index contributed by atoms with van der Waals surface area (Å²) in [5.41, 5.74) is 4.73. The van der Waals surface area contributed by atoms with Crippen LogP contribution in [0.2, 0.25) is 0 Å². The molecule has 3 aromatic rings. The number of rotatable bonds is 4. The fraction of sp³-hybridized carbons (Fsp3) is 0.294. The van der Waals surface area contributed by atoms with Crippen LogP contribution >= 0.6 is 0 Å². The lowest BCUT2D eigenvalue weighted by atomic mass is 10.1. The standard InChI is InChI=1S/C17H19N3O2S/c1-11-9-18-14(12(2)16(11)22-4)10-23(21)17-19-13-7-5-6-8-15(13)20(17)3/h5-9H,10H2,1-4H3/p+1. The average Bonchev–Trinajstić information content (AvgIpc) is 2.88. The highest BCUT2D eigenvalue weighted by Crippen LogP contribution is 2.25. The van der Waals surface area contributed by atoms with Gasteiger partial charge in [-0.3, -0.25) is 4.98 Å². The van der Waals surface area contributed by atoms with Gasteiger partial charge in [-0.25, -0.2) is 13.8 Å². The first kappa shape index (κ1) is 15.7. The minimum absolute atomic E-state index is 0.350. The zero-order valence-corrected chi connectivity index (χ0v) is 14.5. The molecule has 1 unspecified atom stereocenters. The van der Waals surface area contributed by atoms with Gasteiger partial charge in [0.15, 0.2) is 11.0 Å². The second-order valence-electron chi connectivity index (χ2n) is 5.54. The molecule has 0 amide bonds. The summed E-state index contributed by atoms with van der Waals surface area (Å²) in [6.07, 6.45) is 1.77. The molecule has 1 N–H and O–H groups in total. The molecule has 23 heavy (non-hydrogen) atoms. The Balaban J connectivity index is 1.97. The molecular weight excluding hydrogens is 310 g/mol. The highest BCUT2D eigenvalue weighted by molar-refractivity contribution is 7.83. The third-order valence-corrected chi connectivity index (χ3v) is 5.39. The monoisotopic (exact) mass is 330 g/mol. The zero-order chi connectivity index (χ0) is 16.6. The highest BCUT2D eigenvalue weighted by Gasteiger charge is 2.23. The first-order chi connectivity index (χ1) is 11.0. The molecule has 2 heterocycles. The minimum atomic E-state index is -1.22. The Hall–Kier alpha value is -2.21. The van der Waals surface area contributed by atoms with E-state index in [0.29, 0.717) is 10.9 Å². The molecule has 0 aliphatic heterocycles. The smallest absolute Gasteiger partial charge is 0.347 e. The zero-order valence-electron chi connectivity index (χ0n) is 13.7. The van der Waals surface area contributed by atoms with Gasteiger partial charge in [-0.1, -0.05) is 12.1 Å². The van der Waals surface area contributed by atoms with Gasteiger partial charge in [-0.05, 0) is 26.0 Å². The van der Waals surface area contributed by atoms with Gasteiger partial charge in [0.25, 0.3) is 0 Å². The van der Waals surface area contributed by atoms with Gasteiger partial charge in [0.05, 0.1) is 25.6 Å². The molecule has 3 rings (SSSR count). The number of nitrogens with zero attached hydrogens (tertiary/aromatic N) is 2. The fourth-order valence-electron chi connectivity index (χ4n) is 2.80. The Morgan fingerprint density at radius 1 is 1.30 bits per heavy atom. The molecule has 6 heteroatoms. The third kappa shape index (κ3) is 2.74. The van der Waals surface area contributed by atoms with Gasteiger partial charge >= 0.3 is 5.16 Å². The normalized spacial score (nSPS) is 12.5. The molecule has 2 aromatic heterocycles. The maximum Gasteiger partial charge on any atom is 0.347 e. The Labute approximate surface area is 137 Å². The van der Waals surface area contributed by atoms with Crippen LogP contribution in [0.3, 0.4) is 0 Å². The fourth-order valence-corrected chi connectivity index (χ4v) is 4.10. The van der Waals surface area contributed by atoms with Crippen LogP contribution in [0, 0.1) is 13.8 Å². The van der Waals surface area contributed by atoms with Crippen molar-refractivity contribution in [3.05, 3.63) is 47.3 Å². The number of nitrogens with one attached hydrogen (secondary N) is 1. The van der Waals surface area contributed by atoms with Crippen LogP contribution in [0.5, 0.6) is 5.75 Å². The summed E-state index contributed by atoms with van der Waals surface area (Å²) in [5.74, 6) is 1.16. The number of pyridine rings is 1. The van der Waals surface area contributed by atoms with Crippen molar-refractivity contribution in [2.75, 3.05) is 7.11 Å². The van der Waals surface area contributed by atoms with Crippen LogP contribution in [-0.2, 0) is 23.6 Å². The molecule has 5 nitrogen and oxygen atoms in total. The van der Waals surface area contributed by atoms with Crippen molar-refractivity contribution in [1.29, 1.82) is 0 Å².